The number of benzene rings is 2. The van der Waals surface area contributed by atoms with Crippen molar-refractivity contribution < 1.29 is 14.1 Å². The summed E-state index contributed by atoms with van der Waals surface area (Å²) in [6, 6.07) is 19.0. The van der Waals surface area contributed by atoms with Gasteiger partial charge in [0.1, 0.15) is 5.75 Å². The van der Waals surface area contributed by atoms with E-state index in [1.165, 1.54) is 0 Å². The molecular weight excluding hydrogens is 330 g/mol. The number of methoxy groups -OCH3 is 1. The lowest BCUT2D eigenvalue weighted by molar-refractivity contribution is -0.117. The van der Waals surface area contributed by atoms with Crippen molar-refractivity contribution in [2.45, 2.75) is 6.54 Å². The summed E-state index contributed by atoms with van der Waals surface area (Å²) >= 11 is 0. The SMILES string of the molecule is COc1cccc(NC(=O)CN(C)Cc2cc(-c3ccccc3)on2)c1. The normalized spacial score (nSPS) is 10.7. The Kier molecular flexibility index (Phi) is 5.66. The van der Waals surface area contributed by atoms with Gasteiger partial charge in [-0.3, -0.25) is 9.69 Å². The van der Waals surface area contributed by atoms with Gasteiger partial charge in [0.25, 0.3) is 0 Å². The maximum atomic E-state index is 12.2. The van der Waals surface area contributed by atoms with Crippen molar-refractivity contribution in [3.05, 3.63) is 66.4 Å². The summed E-state index contributed by atoms with van der Waals surface area (Å²) in [6.45, 7) is 0.757. The van der Waals surface area contributed by atoms with Gasteiger partial charge in [-0.15, -0.1) is 0 Å². The van der Waals surface area contributed by atoms with E-state index in [9.17, 15) is 4.79 Å². The van der Waals surface area contributed by atoms with E-state index in [2.05, 4.69) is 10.5 Å². The van der Waals surface area contributed by atoms with Gasteiger partial charge >= 0.3 is 0 Å². The molecule has 3 aromatic rings. The topological polar surface area (TPSA) is 67.6 Å². The Morgan fingerprint density at radius 2 is 1.96 bits per heavy atom. The lowest BCUT2D eigenvalue weighted by Gasteiger charge is -2.14. The van der Waals surface area contributed by atoms with Crippen molar-refractivity contribution in [2.24, 2.45) is 0 Å². The summed E-state index contributed by atoms with van der Waals surface area (Å²) in [6.07, 6.45) is 0. The molecule has 0 aliphatic rings. The van der Waals surface area contributed by atoms with Crippen LogP contribution in [0.4, 0.5) is 5.69 Å². The van der Waals surface area contributed by atoms with E-state index in [0.29, 0.717) is 18.0 Å². The highest BCUT2D eigenvalue weighted by molar-refractivity contribution is 5.92. The largest absolute Gasteiger partial charge is 0.497 e. The third-order valence-electron chi connectivity index (χ3n) is 3.82. The molecule has 0 saturated carbocycles. The van der Waals surface area contributed by atoms with E-state index in [0.717, 1.165) is 17.0 Å². The minimum atomic E-state index is -0.104. The lowest BCUT2D eigenvalue weighted by atomic mass is 10.1. The number of nitrogens with zero attached hydrogens (tertiary/aromatic N) is 2. The van der Waals surface area contributed by atoms with Gasteiger partial charge in [-0.2, -0.15) is 0 Å². The quantitative estimate of drug-likeness (QED) is 0.706. The standard InChI is InChI=1S/C20H21N3O3/c1-23(14-20(24)21-16-9-6-10-18(11-16)25-2)13-17-12-19(26-22-17)15-7-4-3-5-8-15/h3-12H,13-14H2,1-2H3,(H,21,24). The van der Waals surface area contributed by atoms with Crippen LogP contribution >= 0.6 is 0 Å². The average molecular weight is 351 g/mol. The number of amides is 1. The van der Waals surface area contributed by atoms with Crippen LogP contribution in [-0.2, 0) is 11.3 Å². The molecule has 6 heteroatoms. The second-order valence-corrected chi connectivity index (χ2v) is 6.00. The fraction of sp³-hybridized carbons (Fsp3) is 0.200. The molecule has 1 heterocycles. The Morgan fingerprint density at radius 3 is 2.73 bits per heavy atom. The number of carbonyl (C=O) groups is 1. The molecule has 2 aromatic carbocycles. The molecule has 0 spiro atoms. The molecule has 6 nitrogen and oxygen atoms in total. The number of ether oxygens (including phenoxy) is 1. The zero-order valence-electron chi connectivity index (χ0n) is 14.8. The first-order chi connectivity index (χ1) is 12.6. The maximum absolute atomic E-state index is 12.2. The number of aromatic nitrogens is 1. The molecule has 1 amide bonds. The van der Waals surface area contributed by atoms with Crippen LogP contribution in [0.1, 0.15) is 5.69 Å². The maximum Gasteiger partial charge on any atom is 0.238 e. The van der Waals surface area contributed by atoms with Crippen LogP contribution < -0.4 is 10.1 Å². The second-order valence-electron chi connectivity index (χ2n) is 6.00. The van der Waals surface area contributed by atoms with Crippen LogP contribution in [0.5, 0.6) is 5.75 Å². The highest BCUT2D eigenvalue weighted by Gasteiger charge is 2.12. The van der Waals surface area contributed by atoms with Crippen molar-refractivity contribution in [1.82, 2.24) is 10.1 Å². The fourth-order valence-corrected chi connectivity index (χ4v) is 2.60. The number of carbonyl (C=O) groups excluding carboxylic acids is 1. The number of nitrogens with one attached hydrogen (secondary N) is 1. The van der Waals surface area contributed by atoms with Gasteiger partial charge < -0.3 is 14.6 Å². The van der Waals surface area contributed by atoms with Crippen LogP contribution in [0.15, 0.2) is 65.2 Å². The predicted molar refractivity (Wildman–Crippen MR) is 99.9 cm³/mol. The van der Waals surface area contributed by atoms with E-state index in [4.69, 9.17) is 9.26 Å². The summed E-state index contributed by atoms with van der Waals surface area (Å²) in [5.74, 6) is 1.31. The van der Waals surface area contributed by atoms with Gasteiger partial charge in [0.05, 0.1) is 19.3 Å². The smallest absolute Gasteiger partial charge is 0.238 e. The van der Waals surface area contributed by atoms with Crippen LogP contribution in [0.3, 0.4) is 0 Å². The zero-order chi connectivity index (χ0) is 18.4. The second kappa shape index (κ2) is 8.31. The Balaban J connectivity index is 1.54. The highest BCUT2D eigenvalue weighted by atomic mass is 16.5. The number of hydrogen-bond acceptors (Lipinski definition) is 5. The first-order valence-electron chi connectivity index (χ1n) is 8.27. The van der Waals surface area contributed by atoms with Crippen molar-refractivity contribution in [2.75, 3.05) is 26.0 Å². The van der Waals surface area contributed by atoms with E-state index in [-0.39, 0.29) is 12.5 Å². The third-order valence-corrected chi connectivity index (χ3v) is 3.82. The van der Waals surface area contributed by atoms with Gasteiger partial charge in [0, 0.05) is 29.9 Å². The summed E-state index contributed by atoms with van der Waals surface area (Å²) in [7, 11) is 3.46. The van der Waals surface area contributed by atoms with E-state index < -0.39 is 0 Å². The van der Waals surface area contributed by atoms with E-state index in [1.807, 2.05) is 66.5 Å². The summed E-state index contributed by atoms with van der Waals surface area (Å²) < 4.78 is 10.5. The van der Waals surface area contributed by atoms with Crippen molar-refractivity contribution in [1.29, 1.82) is 0 Å². The molecule has 0 bridgehead atoms. The molecule has 0 saturated heterocycles. The molecule has 1 N–H and O–H groups in total. The van der Waals surface area contributed by atoms with Gasteiger partial charge in [0.2, 0.25) is 5.91 Å². The zero-order valence-corrected chi connectivity index (χ0v) is 14.8. The summed E-state index contributed by atoms with van der Waals surface area (Å²) in [4.78, 5) is 14.1. The number of likely N-dealkylation sites (N-methyl/N-ethyl adjacent to an activating group) is 1. The monoisotopic (exact) mass is 351 g/mol. The Bertz CT molecular complexity index is 862. The minimum absolute atomic E-state index is 0.104. The third kappa shape index (κ3) is 4.70. The molecule has 3 rings (SSSR count). The van der Waals surface area contributed by atoms with Gasteiger partial charge in [-0.25, -0.2) is 0 Å². The Morgan fingerprint density at radius 1 is 1.15 bits per heavy atom. The Labute approximate surface area is 152 Å². The number of anilines is 1. The predicted octanol–water partition coefficient (Wildman–Crippen LogP) is 3.42. The molecule has 0 aliphatic heterocycles. The fourth-order valence-electron chi connectivity index (χ4n) is 2.60. The number of hydrogen-bond donors (Lipinski definition) is 1. The van der Waals surface area contributed by atoms with E-state index >= 15 is 0 Å². The van der Waals surface area contributed by atoms with Crippen LogP contribution in [-0.4, -0.2) is 36.7 Å². The average Bonchev–Trinajstić information content (AvgIpc) is 3.10. The van der Waals surface area contributed by atoms with Crippen molar-refractivity contribution >= 4 is 11.6 Å². The van der Waals surface area contributed by atoms with Gasteiger partial charge in [-0.05, 0) is 19.2 Å². The molecule has 0 atom stereocenters. The molecule has 0 radical (unpaired) electrons. The molecule has 0 unspecified atom stereocenters. The highest BCUT2D eigenvalue weighted by Crippen LogP contribution is 2.20. The number of rotatable bonds is 7. The molecule has 134 valence electrons. The van der Waals surface area contributed by atoms with Crippen molar-refractivity contribution in [3.63, 3.8) is 0 Å². The molecule has 0 fully saturated rings. The summed E-state index contributed by atoms with van der Waals surface area (Å²) in [5.41, 5.74) is 2.46. The van der Waals surface area contributed by atoms with Crippen LogP contribution in [0.25, 0.3) is 11.3 Å². The molecule has 0 aliphatic carbocycles. The molecule has 26 heavy (non-hydrogen) atoms. The van der Waals surface area contributed by atoms with Crippen LogP contribution in [0.2, 0.25) is 0 Å². The van der Waals surface area contributed by atoms with Gasteiger partial charge in [-0.1, -0.05) is 41.6 Å². The molecular formula is C20H21N3O3. The Hall–Kier alpha value is -3.12. The summed E-state index contributed by atoms with van der Waals surface area (Å²) in [5, 5.41) is 6.94. The first-order valence-corrected chi connectivity index (χ1v) is 8.27. The van der Waals surface area contributed by atoms with Crippen LogP contribution in [0, 0.1) is 0 Å². The molecule has 1 aromatic heterocycles. The lowest BCUT2D eigenvalue weighted by Crippen LogP contribution is -2.29. The first kappa shape index (κ1) is 17.7. The van der Waals surface area contributed by atoms with Crippen molar-refractivity contribution in [3.8, 4) is 17.1 Å². The van der Waals surface area contributed by atoms with Gasteiger partial charge in [0.15, 0.2) is 5.76 Å². The van der Waals surface area contributed by atoms with E-state index in [1.54, 1.807) is 13.2 Å². The minimum Gasteiger partial charge on any atom is -0.497 e.